The highest BCUT2D eigenvalue weighted by molar-refractivity contribution is 8.00. The molecule has 0 radical (unpaired) electrons. The zero-order valence-corrected chi connectivity index (χ0v) is 14.0. The summed E-state index contributed by atoms with van der Waals surface area (Å²) in [5.41, 5.74) is 1.38. The molecule has 118 valence electrons. The molecular formula is C17H15ClN2O2S. The van der Waals surface area contributed by atoms with Gasteiger partial charge in [0.2, 0.25) is 11.8 Å². The Morgan fingerprint density at radius 1 is 1.22 bits per heavy atom. The Morgan fingerprint density at radius 3 is 2.70 bits per heavy atom. The van der Waals surface area contributed by atoms with E-state index >= 15 is 0 Å². The Labute approximate surface area is 143 Å². The molecule has 0 spiro atoms. The second kappa shape index (κ2) is 6.64. The maximum atomic E-state index is 12.8. The standard InChI is InChI=1S/C17H15ClN2O2S/c1-11(23-15-9-5-2-6-12(15)18)17(22)20-10-16(21)19-13-7-3-4-8-14(13)20/h2-9,11H,10H2,1H3,(H,19,21)/t11-/m0/s1. The van der Waals surface area contributed by atoms with Crippen LogP contribution < -0.4 is 10.2 Å². The van der Waals surface area contributed by atoms with Crippen LogP contribution in [0.15, 0.2) is 53.4 Å². The highest BCUT2D eigenvalue weighted by Gasteiger charge is 2.30. The number of fused-ring (bicyclic) bond motifs is 1. The molecule has 1 aliphatic heterocycles. The van der Waals surface area contributed by atoms with Gasteiger partial charge in [-0.25, -0.2) is 0 Å². The van der Waals surface area contributed by atoms with E-state index in [-0.39, 0.29) is 23.6 Å². The molecule has 1 aliphatic rings. The van der Waals surface area contributed by atoms with Crippen LogP contribution in [0, 0.1) is 0 Å². The van der Waals surface area contributed by atoms with E-state index in [1.807, 2.05) is 43.3 Å². The molecule has 0 unspecified atom stereocenters. The minimum absolute atomic E-state index is 0.0310. The summed E-state index contributed by atoms with van der Waals surface area (Å²) in [4.78, 5) is 27.0. The summed E-state index contributed by atoms with van der Waals surface area (Å²) in [6, 6.07) is 14.7. The first-order valence-electron chi connectivity index (χ1n) is 7.17. The number of hydrogen-bond acceptors (Lipinski definition) is 3. The van der Waals surface area contributed by atoms with Gasteiger partial charge in [-0.1, -0.05) is 35.9 Å². The van der Waals surface area contributed by atoms with E-state index < -0.39 is 0 Å². The Balaban J connectivity index is 1.83. The number of carbonyl (C=O) groups excluding carboxylic acids is 2. The van der Waals surface area contributed by atoms with Gasteiger partial charge in [0.15, 0.2) is 0 Å². The second-order valence-electron chi connectivity index (χ2n) is 5.18. The van der Waals surface area contributed by atoms with Crippen molar-refractivity contribution in [3.63, 3.8) is 0 Å². The molecule has 1 heterocycles. The summed E-state index contributed by atoms with van der Waals surface area (Å²) in [6.07, 6.45) is 0. The number of nitrogens with one attached hydrogen (secondary N) is 1. The van der Waals surface area contributed by atoms with Crippen molar-refractivity contribution >= 4 is 46.6 Å². The van der Waals surface area contributed by atoms with Crippen LogP contribution >= 0.6 is 23.4 Å². The van der Waals surface area contributed by atoms with Crippen molar-refractivity contribution in [2.45, 2.75) is 17.1 Å². The number of halogens is 1. The maximum Gasteiger partial charge on any atom is 0.244 e. The number of rotatable bonds is 3. The topological polar surface area (TPSA) is 49.4 Å². The molecule has 23 heavy (non-hydrogen) atoms. The van der Waals surface area contributed by atoms with E-state index in [2.05, 4.69) is 5.32 Å². The predicted molar refractivity (Wildman–Crippen MR) is 94.2 cm³/mol. The van der Waals surface area contributed by atoms with Crippen molar-refractivity contribution in [1.82, 2.24) is 0 Å². The number of carbonyl (C=O) groups is 2. The number of amides is 2. The van der Waals surface area contributed by atoms with Crippen molar-refractivity contribution in [3.8, 4) is 0 Å². The molecular weight excluding hydrogens is 332 g/mol. The molecule has 1 N–H and O–H groups in total. The van der Waals surface area contributed by atoms with E-state index in [1.54, 1.807) is 12.1 Å². The van der Waals surface area contributed by atoms with Gasteiger partial charge in [0.1, 0.15) is 6.54 Å². The minimum Gasteiger partial charge on any atom is -0.323 e. The number of hydrogen-bond donors (Lipinski definition) is 1. The van der Waals surface area contributed by atoms with Crippen molar-refractivity contribution in [3.05, 3.63) is 53.6 Å². The monoisotopic (exact) mass is 346 g/mol. The van der Waals surface area contributed by atoms with Gasteiger partial charge in [0.25, 0.3) is 0 Å². The molecule has 0 bridgehead atoms. The summed E-state index contributed by atoms with van der Waals surface area (Å²) in [6.45, 7) is 1.86. The molecule has 3 rings (SSSR count). The van der Waals surface area contributed by atoms with Crippen LogP contribution in [0.25, 0.3) is 0 Å². The summed E-state index contributed by atoms with van der Waals surface area (Å²) >= 11 is 7.55. The Hall–Kier alpha value is -1.98. The van der Waals surface area contributed by atoms with Crippen molar-refractivity contribution in [1.29, 1.82) is 0 Å². The first-order chi connectivity index (χ1) is 11.1. The fourth-order valence-corrected chi connectivity index (χ4v) is 3.65. The first kappa shape index (κ1) is 15.9. The molecule has 6 heteroatoms. The number of thioether (sulfide) groups is 1. The molecule has 2 aromatic carbocycles. The zero-order valence-electron chi connectivity index (χ0n) is 12.5. The van der Waals surface area contributed by atoms with Crippen LogP contribution in [0.1, 0.15) is 6.92 Å². The molecule has 0 saturated heterocycles. The second-order valence-corrected chi connectivity index (χ2v) is 6.97. The summed E-state index contributed by atoms with van der Waals surface area (Å²) in [7, 11) is 0. The van der Waals surface area contributed by atoms with Crippen LogP contribution in [-0.4, -0.2) is 23.6 Å². The summed E-state index contributed by atoms with van der Waals surface area (Å²) in [5.74, 6) is -0.302. The molecule has 2 aromatic rings. The van der Waals surface area contributed by atoms with E-state index in [9.17, 15) is 9.59 Å². The molecule has 1 atom stereocenters. The summed E-state index contributed by atoms with van der Waals surface area (Å²) < 4.78 is 0. The van der Waals surface area contributed by atoms with Crippen molar-refractivity contribution < 1.29 is 9.59 Å². The lowest BCUT2D eigenvalue weighted by Gasteiger charge is -2.31. The lowest BCUT2D eigenvalue weighted by molar-refractivity contribution is -0.121. The fourth-order valence-electron chi connectivity index (χ4n) is 2.43. The van der Waals surface area contributed by atoms with Gasteiger partial charge in [-0.3, -0.25) is 14.5 Å². The SMILES string of the molecule is C[C@H](Sc1ccccc1Cl)C(=O)N1CC(=O)Nc2ccccc21. The third-order valence-electron chi connectivity index (χ3n) is 3.52. The molecule has 2 amide bonds. The van der Waals surface area contributed by atoms with E-state index in [1.165, 1.54) is 16.7 Å². The van der Waals surface area contributed by atoms with Gasteiger partial charge in [-0.05, 0) is 31.2 Å². The Kier molecular flexibility index (Phi) is 4.59. The van der Waals surface area contributed by atoms with Gasteiger partial charge in [0.05, 0.1) is 21.6 Å². The average molecular weight is 347 g/mol. The predicted octanol–water partition coefficient (Wildman–Crippen LogP) is 3.81. The van der Waals surface area contributed by atoms with Gasteiger partial charge in [-0.2, -0.15) is 0 Å². The van der Waals surface area contributed by atoms with Crippen LogP contribution in [-0.2, 0) is 9.59 Å². The van der Waals surface area contributed by atoms with Crippen LogP contribution in [0.5, 0.6) is 0 Å². The van der Waals surface area contributed by atoms with Crippen LogP contribution in [0.4, 0.5) is 11.4 Å². The Bertz CT molecular complexity index is 766. The average Bonchev–Trinajstić information content (AvgIpc) is 2.55. The van der Waals surface area contributed by atoms with E-state index in [4.69, 9.17) is 11.6 Å². The third-order valence-corrected chi connectivity index (χ3v) is 5.13. The van der Waals surface area contributed by atoms with Crippen LogP contribution in [0.3, 0.4) is 0 Å². The molecule has 0 aliphatic carbocycles. The fraction of sp³-hybridized carbons (Fsp3) is 0.176. The number of nitrogens with zero attached hydrogens (tertiary/aromatic N) is 1. The number of benzene rings is 2. The normalized spacial score (nSPS) is 14.9. The van der Waals surface area contributed by atoms with Crippen LogP contribution in [0.2, 0.25) is 5.02 Å². The van der Waals surface area contributed by atoms with E-state index in [0.717, 1.165) is 10.6 Å². The number of anilines is 2. The quantitative estimate of drug-likeness (QED) is 0.860. The summed E-state index contributed by atoms with van der Waals surface area (Å²) in [5, 5.41) is 3.05. The lowest BCUT2D eigenvalue weighted by Crippen LogP contribution is -2.45. The molecule has 4 nitrogen and oxygen atoms in total. The third kappa shape index (κ3) is 3.35. The van der Waals surface area contributed by atoms with Gasteiger partial charge in [-0.15, -0.1) is 11.8 Å². The molecule has 0 aromatic heterocycles. The molecule has 0 saturated carbocycles. The Morgan fingerprint density at radius 2 is 1.91 bits per heavy atom. The van der Waals surface area contributed by atoms with Gasteiger partial charge < -0.3 is 5.32 Å². The molecule has 0 fully saturated rings. The highest BCUT2D eigenvalue weighted by atomic mass is 35.5. The highest BCUT2D eigenvalue weighted by Crippen LogP contribution is 2.34. The number of para-hydroxylation sites is 2. The minimum atomic E-state index is -0.353. The largest absolute Gasteiger partial charge is 0.323 e. The van der Waals surface area contributed by atoms with Gasteiger partial charge >= 0.3 is 0 Å². The van der Waals surface area contributed by atoms with Gasteiger partial charge in [0, 0.05) is 4.90 Å². The van der Waals surface area contributed by atoms with Crippen molar-refractivity contribution in [2.24, 2.45) is 0 Å². The maximum absolute atomic E-state index is 12.8. The first-order valence-corrected chi connectivity index (χ1v) is 8.43. The lowest BCUT2D eigenvalue weighted by atomic mass is 10.2. The smallest absolute Gasteiger partial charge is 0.244 e. The van der Waals surface area contributed by atoms with E-state index in [0.29, 0.717) is 10.7 Å². The zero-order chi connectivity index (χ0) is 16.4. The van der Waals surface area contributed by atoms with Crippen molar-refractivity contribution in [2.75, 3.05) is 16.8 Å².